The Morgan fingerprint density at radius 3 is 2.24 bits per heavy atom. The van der Waals surface area contributed by atoms with Crippen LogP contribution >= 0.6 is 0 Å². The minimum atomic E-state index is -1.89. The highest BCUT2D eigenvalue weighted by molar-refractivity contribution is 5.91. The highest BCUT2D eigenvalue weighted by Gasteiger charge is 2.46. The van der Waals surface area contributed by atoms with Gasteiger partial charge in [-0.2, -0.15) is 0 Å². The molecule has 15 atom stereocenters. The van der Waals surface area contributed by atoms with Gasteiger partial charge in [-0.1, -0.05) is 45.9 Å². The number of aliphatic hydroxyl groups is 4. The number of allylic oxidation sites excluding steroid dienone is 3. The standard InChI is InChI=1S/C36H59NO12/c1-10-27-36(43,19-45-35-33(44-9)31(42)29(40)24(6)47-35)16-12-11-13-26(38)21(3)17-22(4)32(20(2)14-15-28(39)48-27)49-34-30(41)25(37(7)8)18-23(5)46-34/h11-16,20-25,27,29-35,40-43H,10,17-19H2,1-9H3/b13-11-,15-14-,16-12-/t20-,21+,22-,23?,24+,25-,27?,29+,30+,31+,32+,33+,34-,35+,36-/m0/s1. The van der Waals surface area contributed by atoms with Crippen LogP contribution in [0.1, 0.15) is 60.8 Å². The van der Waals surface area contributed by atoms with Gasteiger partial charge >= 0.3 is 5.97 Å². The summed E-state index contributed by atoms with van der Waals surface area (Å²) in [5, 5.41) is 43.8. The Kier molecular flexibility index (Phi) is 15.6. The van der Waals surface area contributed by atoms with Crippen molar-refractivity contribution in [2.24, 2.45) is 17.8 Å². The molecule has 280 valence electrons. The molecule has 4 N–H and O–H groups in total. The lowest BCUT2D eigenvalue weighted by molar-refractivity contribution is -0.306. The molecule has 3 aliphatic rings. The van der Waals surface area contributed by atoms with E-state index in [1.807, 2.05) is 46.7 Å². The predicted octanol–water partition coefficient (Wildman–Crippen LogP) is 1.90. The molecule has 0 amide bonds. The molecule has 0 aromatic heterocycles. The molecule has 0 aromatic rings. The molecular formula is C36H59NO12. The van der Waals surface area contributed by atoms with Gasteiger partial charge in [-0.25, -0.2) is 4.79 Å². The quantitative estimate of drug-likeness (QED) is 0.271. The zero-order valence-electron chi connectivity index (χ0n) is 30.4. The molecular weight excluding hydrogens is 638 g/mol. The van der Waals surface area contributed by atoms with Gasteiger partial charge in [0.1, 0.15) is 36.1 Å². The number of carbonyl (C=O) groups excluding carboxylic acids is 2. The Morgan fingerprint density at radius 1 is 0.918 bits per heavy atom. The van der Waals surface area contributed by atoms with Crippen LogP contribution in [0.5, 0.6) is 0 Å². The van der Waals surface area contributed by atoms with Crippen molar-refractivity contribution in [3.8, 4) is 0 Å². The first-order valence-corrected chi connectivity index (χ1v) is 17.3. The number of likely N-dealkylation sites (N-methyl/N-ethyl adjacent to an activating group) is 1. The van der Waals surface area contributed by atoms with E-state index in [1.54, 1.807) is 19.9 Å². The second kappa shape index (κ2) is 18.5. The molecule has 2 saturated heterocycles. The van der Waals surface area contributed by atoms with Crippen LogP contribution in [0, 0.1) is 17.8 Å². The third-order valence-corrected chi connectivity index (χ3v) is 9.87. The third-order valence-electron chi connectivity index (χ3n) is 9.87. The van der Waals surface area contributed by atoms with Gasteiger partial charge in [0, 0.05) is 31.1 Å². The van der Waals surface area contributed by atoms with Crippen LogP contribution in [0.3, 0.4) is 0 Å². The SMILES string of the molecule is CCC1OC(=O)/C=C\[C@H](C)[C@@H](O[C@@H]2OC(C)C[C@H](N(C)C)[C@H]2O)[C@@H](C)C[C@@H](C)C(=O)/C=C\C=C/[C@]1(O)CO[C@@H]1O[C@H](C)[C@@H](O)[C@@H](O)[C@H]1OC. The van der Waals surface area contributed by atoms with E-state index < -0.39 is 73.5 Å². The van der Waals surface area contributed by atoms with Crippen LogP contribution in [0.25, 0.3) is 0 Å². The average molecular weight is 698 g/mol. The van der Waals surface area contributed by atoms with E-state index in [9.17, 15) is 30.0 Å². The first-order chi connectivity index (χ1) is 23.0. The van der Waals surface area contributed by atoms with E-state index in [1.165, 1.54) is 37.5 Å². The van der Waals surface area contributed by atoms with E-state index in [4.69, 9.17) is 28.4 Å². The molecule has 0 aliphatic carbocycles. The lowest BCUT2D eigenvalue weighted by Gasteiger charge is -2.43. The van der Waals surface area contributed by atoms with E-state index >= 15 is 0 Å². The number of ketones is 1. The largest absolute Gasteiger partial charge is 0.456 e. The van der Waals surface area contributed by atoms with E-state index in [0.717, 1.165) is 0 Å². The van der Waals surface area contributed by atoms with Crippen molar-refractivity contribution in [1.29, 1.82) is 0 Å². The monoisotopic (exact) mass is 697 g/mol. The number of hydrogen-bond acceptors (Lipinski definition) is 13. The number of cyclic esters (lactones) is 1. The number of carbonyl (C=O) groups is 2. The summed E-state index contributed by atoms with van der Waals surface area (Å²) in [5.74, 6) is -1.73. The summed E-state index contributed by atoms with van der Waals surface area (Å²) >= 11 is 0. The van der Waals surface area contributed by atoms with E-state index in [0.29, 0.717) is 12.8 Å². The molecule has 3 aliphatic heterocycles. The van der Waals surface area contributed by atoms with Crippen molar-refractivity contribution in [3.63, 3.8) is 0 Å². The third kappa shape index (κ3) is 10.7. The summed E-state index contributed by atoms with van der Waals surface area (Å²) in [4.78, 5) is 28.4. The summed E-state index contributed by atoms with van der Waals surface area (Å²) in [7, 11) is 5.14. The fourth-order valence-electron chi connectivity index (χ4n) is 6.84. The molecule has 0 spiro atoms. The summed E-state index contributed by atoms with van der Waals surface area (Å²) in [5.41, 5.74) is -1.89. The fraction of sp³-hybridized carbons (Fsp3) is 0.778. The lowest BCUT2D eigenvalue weighted by Crippen LogP contribution is -2.59. The molecule has 49 heavy (non-hydrogen) atoms. The van der Waals surface area contributed by atoms with Crippen molar-refractivity contribution in [2.75, 3.05) is 27.8 Å². The Morgan fingerprint density at radius 2 is 1.61 bits per heavy atom. The van der Waals surface area contributed by atoms with Crippen molar-refractivity contribution >= 4 is 11.8 Å². The van der Waals surface area contributed by atoms with E-state index in [-0.39, 0.29) is 42.1 Å². The van der Waals surface area contributed by atoms with Crippen molar-refractivity contribution in [2.45, 2.75) is 134 Å². The first-order valence-electron chi connectivity index (χ1n) is 17.3. The van der Waals surface area contributed by atoms with Gasteiger partial charge < -0.3 is 53.7 Å². The maximum atomic E-state index is 13.2. The van der Waals surface area contributed by atoms with Gasteiger partial charge in [-0.15, -0.1) is 0 Å². The van der Waals surface area contributed by atoms with Gasteiger partial charge in [-0.05, 0) is 65.3 Å². The predicted molar refractivity (Wildman–Crippen MR) is 180 cm³/mol. The van der Waals surface area contributed by atoms with Crippen molar-refractivity contribution < 1.29 is 58.4 Å². The zero-order chi connectivity index (χ0) is 36.6. The van der Waals surface area contributed by atoms with E-state index in [2.05, 4.69) is 0 Å². The number of hydrogen-bond donors (Lipinski definition) is 4. The van der Waals surface area contributed by atoms with Crippen LogP contribution in [-0.2, 0) is 38.0 Å². The minimum absolute atomic E-state index is 0.126. The van der Waals surface area contributed by atoms with Gasteiger partial charge in [-0.3, -0.25) is 4.79 Å². The highest BCUT2D eigenvalue weighted by atomic mass is 16.7. The van der Waals surface area contributed by atoms with Crippen LogP contribution in [-0.4, -0.2) is 138 Å². The molecule has 13 nitrogen and oxygen atoms in total. The molecule has 0 saturated carbocycles. The second-order valence-electron chi connectivity index (χ2n) is 14.2. The van der Waals surface area contributed by atoms with Crippen LogP contribution in [0.4, 0.5) is 0 Å². The number of nitrogens with zero attached hydrogens (tertiary/aromatic N) is 1. The zero-order valence-corrected chi connectivity index (χ0v) is 30.4. The van der Waals surface area contributed by atoms with Crippen LogP contribution in [0.15, 0.2) is 36.5 Å². The van der Waals surface area contributed by atoms with Crippen LogP contribution < -0.4 is 0 Å². The van der Waals surface area contributed by atoms with Gasteiger partial charge in [0.05, 0.1) is 24.9 Å². The normalized spacial score (nSPS) is 45.1. The first kappa shape index (κ1) is 41.4. The topological polar surface area (TPSA) is 174 Å². The molecule has 0 radical (unpaired) electrons. The Bertz CT molecular complexity index is 1160. The number of aliphatic hydroxyl groups excluding tert-OH is 3. The molecule has 3 rings (SSSR count). The Balaban J connectivity index is 1.89. The van der Waals surface area contributed by atoms with Crippen molar-refractivity contribution in [3.05, 3.63) is 36.5 Å². The van der Waals surface area contributed by atoms with Gasteiger partial charge in [0.25, 0.3) is 0 Å². The van der Waals surface area contributed by atoms with Crippen molar-refractivity contribution in [1.82, 2.24) is 4.90 Å². The molecule has 2 fully saturated rings. The Labute approximate surface area is 290 Å². The number of esters is 1. The van der Waals surface area contributed by atoms with Gasteiger partial charge in [0.2, 0.25) is 0 Å². The minimum Gasteiger partial charge on any atom is -0.456 e. The van der Waals surface area contributed by atoms with Crippen LogP contribution in [0.2, 0.25) is 0 Å². The molecule has 3 heterocycles. The fourth-order valence-corrected chi connectivity index (χ4v) is 6.84. The second-order valence-corrected chi connectivity index (χ2v) is 14.2. The molecule has 0 bridgehead atoms. The summed E-state index contributed by atoms with van der Waals surface area (Å²) in [6, 6.07) is -0.173. The number of rotatable bonds is 8. The molecule has 0 aromatic carbocycles. The Hall–Kier alpha value is -2.04. The van der Waals surface area contributed by atoms with Gasteiger partial charge in [0.15, 0.2) is 18.4 Å². The summed E-state index contributed by atoms with van der Waals surface area (Å²) < 4.78 is 35.3. The lowest BCUT2D eigenvalue weighted by atomic mass is 9.84. The summed E-state index contributed by atoms with van der Waals surface area (Å²) in [6.45, 7) is 10.5. The number of methoxy groups -OCH3 is 1. The molecule has 2 unspecified atom stereocenters. The smallest absolute Gasteiger partial charge is 0.330 e. The highest BCUT2D eigenvalue weighted by Crippen LogP contribution is 2.32. The maximum absolute atomic E-state index is 13.2. The summed E-state index contributed by atoms with van der Waals surface area (Å²) in [6.07, 6.45) is 0.995. The maximum Gasteiger partial charge on any atom is 0.330 e. The number of ether oxygens (including phenoxy) is 6. The molecule has 13 heteroatoms. The average Bonchev–Trinajstić information content (AvgIpc) is 3.05.